The molecule has 0 saturated carbocycles. The van der Waals surface area contributed by atoms with Gasteiger partial charge in [0.05, 0.1) is 16.8 Å². The van der Waals surface area contributed by atoms with Crippen LogP contribution in [0.1, 0.15) is 15.9 Å². The Hall–Kier alpha value is -3.64. The lowest BCUT2D eigenvalue weighted by Gasteiger charge is -2.05. The van der Waals surface area contributed by atoms with Crippen molar-refractivity contribution in [2.45, 2.75) is 6.54 Å². The molecule has 3 N–H and O–H groups in total. The molecule has 3 heterocycles. The standard InChI is InChI=1S/C22H16ClN5O/c23-20-8-6-14(12-24-20)22(29)25-11-13-5-7-17-15(9-13)10-19(26-17)21-16-3-1-2-4-18(16)27-28-21/h1-10,12,26H,11H2,(H,25,29)(H,27,28). The van der Waals surface area contributed by atoms with Gasteiger partial charge in [-0.1, -0.05) is 35.9 Å². The third-order valence-electron chi connectivity index (χ3n) is 4.85. The normalized spacial score (nSPS) is 11.2. The molecule has 0 spiro atoms. The molecule has 0 fully saturated rings. The van der Waals surface area contributed by atoms with Crippen molar-refractivity contribution in [1.29, 1.82) is 0 Å². The second-order valence-electron chi connectivity index (χ2n) is 6.77. The number of hydrogen-bond acceptors (Lipinski definition) is 3. The Bertz CT molecular complexity index is 1340. The van der Waals surface area contributed by atoms with Gasteiger partial charge in [0.25, 0.3) is 5.91 Å². The molecule has 0 aliphatic carbocycles. The van der Waals surface area contributed by atoms with Crippen molar-refractivity contribution in [3.05, 3.63) is 83.1 Å². The highest BCUT2D eigenvalue weighted by molar-refractivity contribution is 6.29. The number of benzene rings is 2. The predicted octanol–water partition coefficient (Wildman–Crippen LogP) is 4.69. The number of H-pyrrole nitrogens is 2. The van der Waals surface area contributed by atoms with Gasteiger partial charge in [-0.25, -0.2) is 4.98 Å². The van der Waals surface area contributed by atoms with Crippen LogP contribution in [0.25, 0.3) is 33.2 Å². The van der Waals surface area contributed by atoms with Crippen LogP contribution in [0.15, 0.2) is 66.9 Å². The summed E-state index contributed by atoms with van der Waals surface area (Å²) in [4.78, 5) is 19.6. The Morgan fingerprint density at radius 3 is 2.79 bits per heavy atom. The van der Waals surface area contributed by atoms with E-state index in [2.05, 4.69) is 37.6 Å². The third kappa shape index (κ3) is 3.34. The second-order valence-corrected chi connectivity index (χ2v) is 7.16. The van der Waals surface area contributed by atoms with Crippen molar-refractivity contribution in [3.8, 4) is 11.4 Å². The molecule has 1 amide bonds. The molecule has 5 rings (SSSR count). The molecular weight excluding hydrogens is 386 g/mol. The van der Waals surface area contributed by atoms with Crippen molar-refractivity contribution in [1.82, 2.24) is 25.5 Å². The summed E-state index contributed by atoms with van der Waals surface area (Å²) in [6.07, 6.45) is 1.47. The number of hydrogen-bond donors (Lipinski definition) is 3. The molecule has 2 aromatic carbocycles. The van der Waals surface area contributed by atoms with Crippen LogP contribution in [-0.2, 0) is 6.54 Å². The Morgan fingerprint density at radius 1 is 1.03 bits per heavy atom. The fraction of sp³-hybridized carbons (Fsp3) is 0.0455. The van der Waals surface area contributed by atoms with E-state index in [0.29, 0.717) is 17.3 Å². The van der Waals surface area contributed by atoms with E-state index in [1.54, 1.807) is 12.1 Å². The maximum absolute atomic E-state index is 12.3. The van der Waals surface area contributed by atoms with Crippen molar-refractivity contribution in [2.75, 3.05) is 0 Å². The Morgan fingerprint density at radius 2 is 1.93 bits per heavy atom. The van der Waals surface area contributed by atoms with Crippen LogP contribution in [0.5, 0.6) is 0 Å². The van der Waals surface area contributed by atoms with Crippen LogP contribution >= 0.6 is 11.6 Å². The number of halogens is 1. The first-order chi connectivity index (χ1) is 14.2. The minimum Gasteiger partial charge on any atom is -0.353 e. The molecule has 29 heavy (non-hydrogen) atoms. The Kier molecular flexibility index (Phi) is 4.26. The summed E-state index contributed by atoms with van der Waals surface area (Å²) >= 11 is 5.76. The summed E-state index contributed by atoms with van der Waals surface area (Å²) in [6.45, 7) is 0.420. The van der Waals surface area contributed by atoms with Gasteiger partial charge >= 0.3 is 0 Å². The van der Waals surface area contributed by atoms with Gasteiger partial charge in [0.15, 0.2) is 0 Å². The zero-order valence-corrected chi connectivity index (χ0v) is 16.0. The van der Waals surface area contributed by atoms with E-state index < -0.39 is 0 Å². The molecule has 0 aliphatic heterocycles. The van der Waals surface area contributed by atoms with E-state index in [4.69, 9.17) is 11.6 Å². The number of carbonyl (C=O) groups is 1. The lowest BCUT2D eigenvalue weighted by atomic mass is 10.1. The first kappa shape index (κ1) is 17.5. The van der Waals surface area contributed by atoms with E-state index in [1.165, 1.54) is 6.20 Å². The number of aromatic nitrogens is 4. The molecular formula is C22H16ClN5O. The number of fused-ring (bicyclic) bond motifs is 2. The summed E-state index contributed by atoms with van der Waals surface area (Å²) in [7, 11) is 0. The summed E-state index contributed by atoms with van der Waals surface area (Å²) in [5.41, 5.74) is 5.34. The molecule has 0 aliphatic rings. The van der Waals surface area contributed by atoms with Crippen LogP contribution in [0.4, 0.5) is 0 Å². The predicted molar refractivity (Wildman–Crippen MR) is 114 cm³/mol. The van der Waals surface area contributed by atoms with Gasteiger partial charge in [0.2, 0.25) is 0 Å². The van der Waals surface area contributed by atoms with Gasteiger partial charge in [-0.05, 0) is 42.0 Å². The van der Waals surface area contributed by atoms with Crippen molar-refractivity contribution >= 4 is 39.3 Å². The molecule has 0 radical (unpaired) electrons. The minimum absolute atomic E-state index is 0.188. The highest BCUT2D eigenvalue weighted by atomic mass is 35.5. The SMILES string of the molecule is O=C(NCc1ccc2[nH]c(-c3n[nH]c4ccccc34)cc2c1)c1ccc(Cl)nc1. The highest BCUT2D eigenvalue weighted by Crippen LogP contribution is 2.28. The van der Waals surface area contributed by atoms with Crippen LogP contribution in [0.3, 0.4) is 0 Å². The van der Waals surface area contributed by atoms with E-state index in [-0.39, 0.29) is 5.91 Å². The largest absolute Gasteiger partial charge is 0.353 e. The quantitative estimate of drug-likeness (QED) is 0.382. The van der Waals surface area contributed by atoms with Crippen LogP contribution in [0.2, 0.25) is 5.15 Å². The molecule has 142 valence electrons. The lowest BCUT2D eigenvalue weighted by molar-refractivity contribution is 0.0950. The fourth-order valence-electron chi connectivity index (χ4n) is 3.38. The lowest BCUT2D eigenvalue weighted by Crippen LogP contribution is -2.22. The molecule has 7 heteroatoms. The van der Waals surface area contributed by atoms with Crippen LogP contribution in [-0.4, -0.2) is 26.1 Å². The van der Waals surface area contributed by atoms with Gasteiger partial charge < -0.3 is 10.3 Å². The maximum Gasteiger partial charge on any atom is 0.253 e. The smallest absolute Gasteiger partial charge is 0.253 e. The number of pyridine rings is 1. The van der Waals surface area contributed by atoms with Crippen molar-refractivity contribution < 1.29 is 4.79 Å². The number of nitrogens with zero attached hydrogens (tertiary/aromatic N) is 2. The topological polar surface area (TPSA) is 86.5 Å². The summed E-state index contributed by atoms with van der Waals surface area (Å²) in [5.74, 6) is -0.188. The monoisotopic (exact) mass is 401 g/mol. The van der Waals surface area contributed by atoms with E-state index in [9.17, 15) is 4.79 Å². The minimum atomic E-state index is -0.188. The average Bonchev–Trinajstić information content (AvgIpc) is 3.36. The molecule has 6 nitrogen and oxygen atoms in total. The molecule has 3 aromatic heterocycles. The molecule has 0 atom stereocenters. The van der Waals surface area contributed by atoms with Gasteiger partial charge in [0, 0.05) is 29.0 Å². The molecule has 0 unspecified atom stereocenters. The summed E-state index contributed by atoms with van der Waals surface area (Å²) in [5, 5.41) is 12.9. The van der Waals surface area contributed by atoms with Crippen molar-refractivity contribution in [2.24, 2.45) is 0 Å². The average molecular weight is 402 g/mol. The first-order valence-corrected chi connectivity index (χ1v) is 9.50. The molecule has 0 bridgehead atoms. The summed E-state index contributed by atoms with van der Waals surface area (Å²) in [6, 6.07) is 19.4. The maximum atomic E-state index is 12.3. The number of nitrogens with one attached hydrogen (secondary N) is 3. The van der Waals surface area contributed by atoms with Gasteiger partial charge in [-0.2, -0.15) is 5.10 Å². The van der Waals surface area contributed by atoms with E-state index in [1.807, 2.05) is 36.4 Å². The van der Waals surface area contributed by atoms with E-state index >= 15 is 0 Å². The zero-order chi connectivity index (χ0) is 19.8. The zero-order valence-electron chi connectivity index (χ0n) is 15.2. The number of amides is 1. The molecule has 0 saturated heterocycles. The number of carbonyl (C=O) groups excluding carboxylic acids is 1. The number of aromatic amines is 2. The number of rotatable bonds is 4. The fourth-order valence-corrected chi connectivity index (χ4v) is 3.49. The van der Waals surface area contributed by atoms with E-state index in [0.717, 1.165) is 38.8 Å². The highest BCUT2D eigenvalue weighted by Gasteiger charge is 2.11. The number of para-hydroxylation sites is 1. The first-order valence-electron chi connectivity index (χ1n) is 9.12. The van der Waals surface area contributed by atoms with Gasteiger partial charge in [-0.3, -0.25) is 9.89 Å². The Labute approximate surface area is 170 Å². The van der Waals surface area contributed by atoms with Crippen LogP contribution < -0.4 is 5.32 Å². The van der Waals surface area contributed by atoms with Gasteiger partial charge in [0.1, 0.15) is 10.8 Å². The van der Waals surface area contributed by atoms with Crippen LogP contribution in [0, 0.1) is 0 Å². The van der Waals surface area contributed by atoms with Crippen molar-refractivity contribution in [3.63, 3.8) is 0 Å². The Balaban J connectivity index is 1.38. The molecule has 5 aromatic rings. The second kappa shape index (κ2) is 7.07. The summed E-state index contributed by atoms with van der Waals surface area (Å²) < 4.78 is 0. The third-order valence-corrected chi connectivity index (χ3v) is 5.08. The van der Waals surface area contributed by atoms with Gasteiger partial charge in [-0.15, -0.1) is 0 Å².